The lowest BCUT2D eigenvalue weighted by Gasteiger charge is -2.06. The first-order valence-electron chi connectivity index (χ1n) is 6.78. The Morgan fingerprint density at radius 3 is 2.71 bits per heavy atom. The normalized spacial score (nSPS) is 10.6. The van der Waals surface area contributed by atoms with Gasteiger partial charge in [-0.05, 0) is 53.0 Å². The number of benzene rings is 1. The zero-order chi connectivity index (χ0) is 15.1. The second-order valence-electron chi connectivity index (χ2n) is 4.61. The average molecular weight is 352 g/mol. The van der Waals surface area contributed by atoms with Crippen molar-refractivity contribution in [2.24, 2.45) is 0 Å². The second-order valence-corrected chi connectivity index (χ2v) is 5.52. The summed E-state index contributed by atoms with van der Waals surface area (Å²) in [4.78, 5) is 12.0. The molecule has 1 amide bonds. The summed E-state index contributed by atoms with van der Waals surface area (Å²) in [5.74, 6) is -0.0550. The van der Waals surface area contributed by atoms with Crippen molar-refractivity contribution in [1.82, 2.24) is 15.1 Å². The van der Waals surface area contributed by atoms with Crippen molar-refractivity contribution in [3.8, 4) is 5.69 Å². The molecule has 6 heteroatoms. The first-order valence-corrected chi connectivity index (χ1v) is 7.58. The Morgan fingerprint density at radius 1 is 1.33 bits per heavy atom. The monoisotopic (exact) mass is 351 g/mol. The van der Waals surface area contributed by atoms with Gasteiger partial charge in [0.05, 0.1) is 16.4 Å². The van der Waals surface area contributed by atoms with E-state index in [0.29, 0.717) is 12.1 Å². The fraction of sp³-hybridized carbons (Fsp3) is 0.333. The Bertz CT molecular complexity index is 581. The van der Waals surface area contributed by atoms with Crippen LogP contribution in [0.25, 0.3) is 5.69 Å². The van der Waals surface area contributed by atoms with Crippen LogP contribution < -0.4 is 5.32 Å². The zero-order valence-corrected chi connectivity index (χ0v) is 13.5. The highest BCUT2D eigenvalue weighted by Gasteiger charge is 2.05. The molecule has 112 valence electrons. The highest BCUT2D eigenvalue weighted by Crippen LogP contribution is 2.13. The van der Waals surface area contributed by atoms with Gasteiger partial charge in [-0.2, -0.15) is 5.10 Å². The molecule has 0 aliphatic heterocycles. The minimum absolute atomic E-state index is 0.0550. The highest BCUT2D eigenvalue weighted by atomic mass is 79.9. The number of methoxy groups -OCH3 is 1. The number of carbonyl (C=O) groups is 1. The molecule has 0 atom stereocenters. The van der Waals surface area contributed by atoms with Gasteiger partial charge in [-0.25, -0.2) is 4.68 Å². The van der Waals surface area contributed by atoms with Crippen molar-refractivity contribution in [3.63, 3.8) is 0 Å². The molecule has 1 N–H and O–H groups in total. The van der Waals surface area contributed by atoms with Crippen LogP contribution in [0.1, 0.15) is 23.2 Å². The van der Waals surface area contributed by atoms with Crippen LogP contribution in [0.15, 0.2) is 41.1 Å². The number of ether oxygens (including phenoxy) is 1. The molecule has 2 aromatic rings. The minimum Gasteiger partial charge on any atom is -0.385 e. The average Bonchev–Trinajstić information content (AvgIpc) is 2.93. The van der Waals surface area contributed by atoms with Gasteiger partial charge < -0.3 is 10.1 Å². The Kier molecular flexibility index (Phi) is 5.95. The quantitative estimate of drug-likeness (QED) is 0.780. The molecule has 0 spiro atoms. The predicted molar refractivity (Wildman–Crippen MR) is 84.7 cm³/mol. The van der Waals surface area contributed by atoms with E-state index >= 15 is 0 Å². The number of rotatable bonds is 7. The summed E-state index contributed by atoms with van der Waals surface area (Å²) in [6.45, 7) is 1.39. The number of nitrogens with one attached hydrogen (secondary N) is 1. The van der Waals surface area contributed by atoms with Crippen molar-refractivity contribution >= 4 is 21.8 Å². The van der Waals surface area contributed by atoms with Crippen LogP contribution in [0.5, 0.6) is 0 Å². The number of halogens is 1. The summed E-state index contributed by atoms with van der Waals surface area (Å²) in [5.41, 5.74) is 1.56. The Hall–Kier alpha value is -1.66. The minimum atomic E-state index is -0.0550. The van der Waals surface area contributed by atoms with Crippen LogP contribution in [0, 0.1) is 0 Å². The van der Waals surface area contributed by atoms with Gasteiger partial charge in [0.15, 0.2) is 0 Å². The Labute approximate surface area is 132 Å². The molecule has 0 radical (unpaired) electrons. The number of aromatic nitrogens is 2. The molecule has 21 heavy (non-hydrogen) atoms. The van der Waals surface area contributed by atoms with Crippen LogP contribution in [0.3, 0.4) is 0 Å². The molecule has 0 bridgehead atoms. The molecular formula is C15H18BrN3O2. The molecule has 2 rings (SSSR count). The highest BCUT2D eigenvalue weighted by molar-refractivity contribution is 9.10. The van der Waals surface area contributed by atoms with Crippen LogP contribution in [-0.2, 0) is 4.74 Å². The van der Waals surface area contributed by atoms with E-state index in [2.05, 4.69) is 26.3 Å². The van der Waals surface area contributed by atoms with Gasteiger partial charge in [0.2, 0.25) is 0 Å². The van der Waals surface area contributed by atoms with Crippen LogP contribution in [0.4, 0.5) is 0 Å². The van der Waals surface area contributed by atoms with Crippen molar-refractivity contribution in [3.05, 3.63) is 46.7 Å². The fourth-order valence-corrected chi connectivity index (χ4v) is 2.17. The lowest BCUT2D eigenvalue weighted by atomic mass is 10.2. The molecule has 5 nitrogen and oxygen atoms in total. The van der Waals surface area contributed by atoms with Crippen molar-refractivity contribution in [1.29, 1.82) is 0 Å². The summed E-state index contributed by atoms with van der Waals surface area (Å²) < 4.78 is 7.63. The van der Waals surface area contributed by atoms with Gasteiger partial charge >= 0.3 is 0 Å². The number of nitrogens with zero attached hydrogens (tertiary/aromatic N) is 2. The Morgan fingerprint density at radius 2 is 2.10 bits per heavy atom. The molecule has 0 aliphatic rings. The lowest BCUT2D eigenvalue weighted by molar-refractivity contribution is 0.0951. The van der Waals surface area contributed by atoms with Crippen molar-refractivity contribution in [2.75, 3.05) is 20.3 Å². The molecule has 1 aromatic heterocycles. The summed E-state index contributed by atoms with van der Waals surface area (Å²) in [5, 5.41) is 7.09. The summed E-state index contributed by atoms with van der Waals surface area (Å²) in [6, 6.07) is 7.35. The van der Waals surface area contributed by atoms with Gasteiger partial charge in [0.25, 0.3) is 5.91 Å². The first-order chi connectivity index (χ1) is 10.2. The topological polar surface area (TPSA) is 56.1 Å². The van der Waals surface area contributed by atoms with Gasteiger partial charge in [-0.3, -0.25) is 4.79 Å². The molecular weight excluding hydrogens is 334 g/mol. The third kappa shape index (κ3) is 4.68. The third-order valence-corrected chi connectivity index (χ3v) is 3.42. The smallest absolute Gasteiger partial charge is 0.251 e. The van der Waals surface area contributed by atoms with E-state index in [4.69, 9.17) is 4.74 Å². The van der Waals surface area contributed by atoms with Crippen molar-refractivity contribution < 1.29 is 9.53 Å². The van der Waals surface area contributed by atoms with E-state index in [1.54, 1.807) is 30.1 Å². The van der Waals surface area contributed by atoms with E-state index in [1.165, 1.54) is 0 Å². The summed E-state index contributed by atoms with van der Waals surface area (Å²) >= 11 is 3.36. The third-order valence-electron chi connectivity index (χ3n) is 3.01. The largest absolute Gasteiger partial charge is 0.385 e. The predicted octanol–water partition coefficient (Wildman–Crippen LogP) is 2.79. The van der Waals surface area contributed by atoms with E-state index in [-0.39, 0.29) is 5.91 Å². The van der Waals surface area contributed by atoms with Crippen molar-refractivity contribution in [2.45, 2.75) is 12.8 Å². The van der Waals surface area contributed by atoms with Crippen LogP contribution >= 0.6 is 15.9 Å². The van der Waals surface area contributed by atoms with E-state index in [0.717, 1.165) is 29.6 Å². The van der Waals surface area contributed by atoms with Gasteiger partial charge in [-0.15, -0.1) is 0 Å². The van der Waals surface area contributed by atoms with Gasteiger partial charge in [0.1, 0.15) is 0 Å². The Balaban J connectivity index is 1.88. The number of hydrogen-bond acceptors (Lipinski definition) is 3. The zero-order valence-electron chi connectivity index (χ0n) is 11.9. The molecule has 1 aromatic carbocycles. The van der Waals surface area contributed by atoms with Crippen LogP contribution in [0.2, 0.25) is 0 Å². The van der Waals surface area contributed by atoms with E-state index < -0.39 is 0 Å². The lowest BCUT2D eigenvalue weighted by Crippen LogP contribution is -2.24. The van der Waals surface area contributed by atoms with Gasteiger partial charge in [-0.1, -0.05) is 0 Å². The summed E-state index contributed by atoms with van der Waals surface area (Å²) in [7, 11) is 1.68. The standard InChI is InChI=1S/C15H18BrN3O2/c1-21-9-3-2-8-17-15(20)12-4-6-14(7-5-12)19-11-13(16)10-18-19/h4-7,10-11H,2-3,8-9H2,1H3,(H,17,20). The second kappa shape index (κ2) is 7.95. The molecule has 0 unspecified atom stereocenters. The fourth-order valence-electron chi connectivity index (χ4n) is 1.88. The molecule has 0 aliphatic carbocycles. The van der Waals surface area contributed by atoms with Gasteiger partial charge in [0, 0.05) is 32.0 Å². The van der Waals surface area contributed by atoms with Crippen LogP contribution in [-0.4, -0.2) is 35.9 Å². The number of carbonyl (C=O) groups excluding carboxylic acids is 1. The molecule has 0 fully saturated rings. The van der Waals surface area contributed by atoms with E-state index in [1.807, 2.05) is 18.3 Å². The molecule has 1 heterocycles. The number of amides is 1. The summed E-state index contributed by atoms with van der Waals surface area (Å²) in [6.07, 6.45) is 5.45. The molecule has 0 saturated heterocycles. The van der Waals surface area contributed by atoms with E-state index in [9.17, 15) is 4.79 Å². The molecule has 0 saturated carbocycles. The SMILES string of the molecule is COCCCCNC(=O)c1ccc(-n2cc(Br)cn2)cc1. The maximum Gasteiger partial charge on any atom is 0.251 e. The first kappa shape index (κ1) is 15.7. The number of hydrogen-bond donors (Lipinski definition) is 1. The maximum absolute atomic E-state index is 12.0. The number of unbranched alkanes of at least 4 members (excludes halogenated alkanes) is 1. The maximum atomic E-state index is 12.0.